The Morgan fingerprint density at radius 1 is 1.29 bits per heavy atom. The second kappa shape index (κ2) is 6.07. The summed E-state index contributed by atoms with van der Waals surface area (Å²) in [6.45, 7) is 3.29. The zero-order valence-corrected chi connectivity index (χ0v) is 13.4. The highest BCUT2D eigenvalue weighted by molar-refractivity contribution is 7.88. The summed E-state index contributed by atoms with van der Waals surface area (Å²) in [6.07, 6.45) is 4.59. The van der Waals surface area contributed by atoms with Crippen LogP contribution in [0.1, 0.15) is 29.9 Å². The first-order valence-electron chi connectivity index (χ1n) is 7.77. The quantitative estimate of drug-likeness (QED) is 0.898. The van der Waals surface area contributed by atoms with E-state index in [1.54, 1.807) is 4.31 Å². The summed E-state index contributed by atoms with van der Waals surface area (Å²) in [7, 11) is -3.03. The van der Waals surface area contributed by atoms with Crippen molar-refractivity contribution in [3.63, 3.8) is 0 Å². The van der Waals surface area contributed by atoms with Gasteiger partial charge in [0.05, 0.1) is 6.26 Å². The van der Waals surface area contributed by atoms with Crippen molar-refractivity contribution in [2.24, 2.45) is 5.92 Å². The number of sulfonamides is 1. The average molecular weight is 308 g/mol. The van der Waals surface area contributed by atoms with Crippen molar-refractivity contribution in [1.29, 1.82) is 0 Å². The number of nitrogens with one attached hydrogen (secondary N) is 1. The number of piperidine rings is 1. The minimum atomic E-state index is -3.03. The fourth-order valence-electron chi connectivity index (χ4n) is 3.50. The van der Waals surface area contributed by atoms with E-state index in [0.29, 0.717) is 24.9 Å². The summed E-state index contributed by atoms with van der Waals surface area (Å²) in [5, 5.41) is 3.55. The van der Waals surface area contributed by atoms with Crippen molar-refractivity contribution in [3.05, 3.63) is 35.4 Å². The van der Waals surface area contributed by atoms with Gasteiger partial charge in [-0.2, -0.15) is 0 Å². The molecule has 0 bridgehead atoms. The molecule has 1 heterocycles. The first-order chi connectivity index (χ1) is 10.0. The van der Waals surface area contributed by atoms with E-state index in [2.05, 4.69) is 29.6 Å². The molecule has 116 valence electrons. The molecule has 4 nitrogen and oxygen atoms in total. The molecule has 1 aromatic carbocycles. The van der Waals surface area contributed by atoms with Crippen molar-refractivity contribution in [2.45, 2.75) is 25.2 Å². The van der Waals surface area contributed by atoms with E-state index in [-0.39, 0.29) is 0 Å². The number of hydrogen-bond acceptors (Lipinski definition) is 3. The van der Waals surface area contributed by atoms with Crippen LogP contribution >= 0.6 is 0 Å². The van der Waals surface area contributed by atoms with Crippen molar-refractivity contribution >= 4 is 10.0 Å². The van der Waals surface area contributed by atoms with E-state index in [1.807, 2.05) is 0 Å². The van der Waals surface area contributed by atoms with Gasteiger partial charge in [0.15, 0.2) is 0 Å². The molecule has 0 saturated carbocycles. The summed E-state index contributed by atoms with van der Waals surface area (Å²) in [5.41, 5.74) is 2.96. The summed E-state index contributed by atoms with van der Waals surface area (Å²) in [5.74, 6) is 1.08. The van der Waals surface area contributed by atoms with Gasteiger partial charge in [0.2, 0.25) is 10.0 Å². The Kier molecular flexibility index (Phi) is 4.33. The van der Waals surface area contributed by atoms with Gasteiger partial charge in [-0.05, 0) is 42.9 Å². The third-order valence-electron chi connectivity index (χ3n) is 4.74. The lowest BCUT2D eigenvalue weighted by atomic mass is 9.77. The van der Waals surface area contributed by atoms with Crippen LogP contribution in [-0.2, 0) is 16.4 Å². The van der Waals surface area contributed by atoms with Gasteiger partial charge in [0.1, 0.15) is 0 Å². The van der Waals surface area contributed by atoms with Crippen LogP contribution in [-0.4, -0.2) is 45.2 Å². The van der Waals surface area contributed by atoms with Gasteiger partial charge < -0.3 is 5.32 Å². The van der Waals surface area contributed by atoms with E-state index in [1.165, 1.54) is 23.8 Å². The standard InChI is InChI=1S/C16H24N2O2S/c1-21(19,20)18-8-4-5-13(12-18)10-17-11-15-9-14-6-2-3-7-16(14)15/h2-3,6-7,13,15,17H,4-5,8-12H2,1H3. The van der Waals surface area contributed by atoms with Crippen LogP contribution in [0.15, 0.2) is 24.3 Å². The molecule has 2 atom stereocenters. The maximum absolute atomic E-state index is 11.6. The molecule has 1 N–H and O–H groups in total. The molecule has 21 heavy (non-hydrogen) atoms. The van der Waals surface area contributed by atoms with Crippen molar-refractivity contribution < 1.29 is 8.42 Å². The van der Waals surface area contributed by atoms with E-state index < -0.39 is 10.0 Å². The molecule has 3 rings (SSSR count). The van der Waals surface area contributed by atoms with E-state index in [9.17, 15) is 8.42 Å². The Morgan fingerprint density at radius 2 is 2.10 bits per heavy atom. The fraction of sp³-hybridized carbons (Fsp3) is 0.625. The van der Waals surface area contributed by atoms with E-state index >= 15 is 0 Å². The number of fused-ring (bicyclic) bond motifs is 1. The van der Waals surface area contributed by atoms with Crippen molar-refractivity contribution in [1.82, 2.24) is 9.62 Å². The molecular weight excluding hydrogens is 284 g/mol. The second-order valence-corrected chi connectivity index (χ2v) is 8.37. The zero-order valence-electron chi connectivity index (χ0n) is 12.6. The highest BCUT2D eigenvalue weighted by Gasteiger charge is 2.27. The average Bonchev–Trinajstić information content (AvgIpc) is 2.43. The number of rotatable bonds is 5. The third kappa shape index (κ3) is 3.47. The first-order valence-corrected chi connectivity index (χ1v) is 9.62. The molecule has 1 aromatic rings. The van der Waals surface area contributed by atoms with Crippen LogP contribution < -0.4 is 5.32 Å². The van der Waals surface area contributed by atoms with Gasteiger partial charge in [-0.15, -0.1) is 0 Å². The van der Waals surface area contributed by atoms with Gasteiger partial charge in [-0.25, -0.2) is 12.7 Å². The van der Waals surface area contributed by atoms with E-state index in [0.717, 1.165) is 25.9 Å². The minimum absolute atomic E-state index is 0.448. The molecule has 1 aliphatic heterocycles. The smallest absolute Gasteiger partial charge is 0.211 e. The summed E-state index contributed by atoms with van der Waals surface area (Å²) in [4.78, 5) is 0. The summed E-state index contributed by atoms with van der Waals surface area (Å²) >= 11 is 0. The van der Waals surface area contributed by atoms with Gasteiger partial charge in [-0.3, -0.25) is 0 Å². The molecule has 0 spiro atoms. The van der Waals surface area contributed by atoms with Gasteiger partial charge in [0, 0.05) is 25.6 Å². The monoisotopic (exact) mass is 308 g/mol. The predicted molar refractivity (Wildman–Crippen MR) is 84.9 cm³/mol. The number of hydrogen-bond donors (Lipinski definition) is 1. The predicted octanol–water partition coefficient (Wildman–Crippen LogP) is 1.59. The highest BCUT2D eigenvalue weighted by atomic mass is 32.2. The van der Waals surface area contributed by atoms with Crippen LogP contribution in [0.3, 0.4) is 0 Å². The molecule has 2 unspecified atom stereocenters. The Morgan fingerprint density at radius 3 is 2.86 bits per heavy atom. The molecule has 0 radical (unpaired) electrons. The Balaban J connectivity index is 1.44. The van der Waals surface area contributed by atoms with Crippen LogP contribution in [0.25, 0.3) is 0 Å². The lowest BCUT2D eigenvalue weighted by Crippen LogP contribution is -2.43. The van der Waals surface area contributed by atoms with E-state index in [4.69, 9.17) is 0 Å². The third-order valence-corrected chi connectivity index (χ3v) is 6.01. The van der Waals surface area contributed by atoms with Gasteiger partial charge in [-0.1, -0.05) is 24.3 Å². The Labute approximate surface area is 127 Å². The zero-order chi connectivity index (χ0) is 14.9. The highest BCUT2D eigenvalue weighted by Crippen LogP contribution is 2.34. The van der Waals surface area contributed by atoms with Crippen LogP contribution in [0.5, 0.6) is 0 Å². The molecule has 1 saturated heterocycles. The molecule has 5 heteroatoms. The van der Waals surface area contributed by atoms with Crippen molar-refractivity contribution in [3.8, 4) is 0 Å². The maximum Gasteiger partial charge on any atom is 0.211 e. The Hall–Kier alpha value is -0.910. The largest absolute Gasteiger partial charge is 0.316 e. The molecule has 0 amide bonds. The molecular formula is C16H24N2O2S. The SMILES string of the molecule is CS(=O)(=O)N1CCCC(CNCC2Cc3ccccc32)C1. The second-order valence-electron chi connectivity index (χ2n) is 6.39. The molecule has 2 aliphatic rings. The molecule has 0 aromatic heterocycles. The topological polar surface area (TPSA) is 49.4 Å². The lowest BCUT2D eigenvalue weighted by molar-refractivity contribution is 0.260. The first kappa shape index (κ1) is 15.0. The van der Waals surface area contributed by atoms with Gasteiger partial charge in [0.25, 0.3) is 0 Å². The van der Waals surface area contributed by atoms with Gasteiger partial charge >= 0.3 is 0 Å². The number of benzene rings is 1. The van der Waals surface area contributed by atoms with Crippen LogP contribution in [0.4, 0.5) is 0 Å². The van der Waals surface area contributed by atoms with Crippen LogP contribution in [0.2, 0.25) is 0 Å². The summed E-state index contributed by atoms with van der Waals surface area (Å²) < 4.78 is 24.9. The number of nitrogens with zero attached hydrogens (tertiary/aromatic N) is 1. The summed E-state index contributed by atoms with van der Waals surface area (Å²) in [6, 6.07) is 8.63. The van der Waals surface area contributed by atoms with Crippen molar-refractivity contribution in [2.75, 3.05) is 32.4 Å². The molecule has 1 aliphatic carbocycles. The van der Waals surface area contributed by atoms with Crippen LogP contribution in [0, 0.1) is 5.92 Å². The molecule has 1 fully saturated rings. The normalized spacial score (nSPS) is 26.1. The maximum atomic E-state index is 11.6. The fourth-order valence-corrected chi connectivity index (χ4v) is 4.44. The minimum Gasteiger partial charge on any atom is -0.316 e. The Bertz CT molecular complexity index is 600. The lowest BCUT2D eigenvalue weighted by Gasteiger charge is -2.33.